The predicted octanol–water partition coefficient (Wildman–Crippen LogP) is 2.66. The van der Waals surface area contributed by atoms with Gasteiger partial charge in [-0.25, -0.2) is 0 Å². The van der Waals surface area contributed by atoms with Crippen LogP contribution in [0.25, 0.3) is 0 Å². The van der Waals surface area contributed by atoms with Crippen LogP contribution in [0.2, 0.25) is 0 Å². The van der Waals surface area contributed by atoms with Crippen LogP contribution in [0.5, 0.6) is 0 Å². The first-order valence-corrected chi connectivity index (χ1v) is 8.10. The van der Waals surface area contributed by atoms with E-state index in [1.807, 2.05) is 11.9 Å². The Bertz CT molecular complexity index is 445. The van der Waals surface area contributed by atoms with E-state index < -0.39 is 0 Å². The molecule has 2 fully saturated rings. The summed E-state index contributed by atoms with van der Waals surface area (Å²) >= 11 is 1.72. The number of carbonyl (C=O) groups is 1. The molecule has 104 valence electrons. The van der Waals surface area contributed by atoms with E-state index in [1.54, 1.807) is 11.3 Å². The molecule has 2 aliphatic rings. The van der Waals surface area contributed by atoms with Crippen molar-refractivity contribution in [2.24, 2.45) is 11.8 Å². The first-order valence-electron chi connectivity index (χ1n) is 7.22. The van der Waals surface area contributed by atoms with Gasteiger partial charge in [0.05, 0.1) is 12.1 Å². The molecule has 1 saturated heterocycles. The number of fused-ring (bicyclic) bond motifs is 1. The molecular weight excluding hydrogens is 256 g/mol. The maximum atomic E-state index is 12.7. The molecule has 1 N–H and O–H groups in total. The van der Waals surface area contributed by atoms with Crippen molar-refractivity contribution >= 4 is 17.2 Å². The van der Waals surface area contributed by atoms with Crippen LogP contribution in [0.15, 0.2) is 17.5 Å². The smallest absolute Gasteiger partial charge is 0.240 e. The molecule has 4 atom stereocenters. The number of carbonyl (C=O) groups excluding carboxylic acids is 1. The van der Waals surface area contributed by atoms with Gasteiger partial charge in [-0.2, -0.15) is 0 Å². The fraction of sp³-hybridized carbons (Fsp3) is 0.667. The van der Waals surface area contributed by atoms with Crippen molar-refractivity contribution < 1.29 is 4.79 Å². The average molecular weight is 278 g/mol. The highest BCUT2D eigenvalue weighted by Crippen LogP contribution is 2.38. The van der Waals surface area contributed by atoms with Crippen LogP contribution in [-0.4, -0.2) is 30.4 Å². The fourth-order valence-corrected chi connectivity index (χ4v) is 4.41. The van der Waals surface area contributed by atoms with Crippen LogP contribution in [-0.2, 0) is 4.79 Å². The molecule has 4 heteroatoms. The van der Waals surface area contributed by atoms with E-state index in [2.05, 4.69) is 29.8 Å². The molecule has 1 aliphatic heterocycles. The Labute approximate surface area is 119 Å². The van der Waals surface area contributed by atoms with Crippen molar-refractivity contribution in [2.45, 2.75) is 38.3 Å². The number of thiophene rings is 1. The first kappa shape index (κ1) is 13.1. The van der Waals surface area contributed by atoms with Gasteiger partial charge >= 0.3 is 0 Å². The quantitative estimate of drug-likeness (QED) is 0.922. The van der Waals surface area contributed by atoms with E-state index in [4.69, 9.17) is 0 Å². The van der Waals surface area contributed by atoms with Crippen LogP contribution in [0.4, 0.5) is 0 Å². The molecule has 1 saturated carbocycles. The lowest BCUT2D eigenvalue weighted by molar-refractivity contribution is -0.134. The molecule has 19 heavy (non-hydrogen) atoms. The van der Waals surface area contributed by atoms with Crippen molar-refractivity contribution in [1.29, 1.82) is 0 Å². The van der Waals surface area contributed by atoms with Gasteiger partial charge in [0, 0.05) is 11.9 Å². The van der Waals surface area contributed by atoms with E-state index in [9.17, 15) is 4.79 Å². The third-order valence-electron chi connectivity index (χ3n) is 4.90. The minimum Gasteiger partial charge on any atom is -0.337 e. The maximum absolute atomic E-state index is 12.7. The summed E-state index contributed by atoms with van der Waals surface area (Å²) in [5.41, 5.74) is 0. The van der Waals surface area contributed by atoms with Crippen molar-refractivity contribution in [2.75, 3.05) is 13.6 Å². The third kappa shape index (κ3) is 2.32. The van der Waals surface area contributed by atoms with Crippen LogP contribution in [0.3, 0.4) is 0 Å². The summed E-state index contributed by atoms with van der Waals surface area (Å²) in [5, 5.41) is 5.53. The highest BCUT2D eigenvalue weighted by Gasteiger charge is 2.43. The number of nitrogens with one attached hydrogen (secondary N) is 1. The lowest BCUT2D eigenvalue weighted by Gasteiger charge is -2.29. The second-order valence-corrected chi connectivity index (χ2v) is 6.86. The Balaban J connectivity index is 1.70. The number of hydrogen-bond acceptors (Lipinski definition) is 3. The monoisotopic (exact) mass is 278 g/mol. The number of hydrogen-bond donors (Lipinski definition) is 1. The Morgan fingerprint density at radius 2 is 2.37 bits per heavy atom. The number of nitrogens with zero attached hydrogens (tertiary/aromatic N) is 1. The molecule has 1 amide bonds. The second-order valence-electron chi connectivity index (χ2n) is 5.88. The van der Waals surface area contributed by atoms with Crippen molar-refractivity contribution in [1.82, 2.24) is 10.2 Å². The highest BCUT2D eigenvalue weighted by atomic mass is 32.1. The van der Waals surface area contributed by atoms with Gasteiger partial charge in [-0.3, -0.25) is 4.79 Å². The topological polar surface area (TPSA) is 32.3 Å². The lowest BCUT2D eigenvalue weighted by atomic mass is 9.93. The fourth-order valence-electron chi connectivity index (χ4n) is 3.59. The summed E-state index contributed by atoms with van der Waals surface area (Å²) in [4.78, 5) is 15.9. The minimum absolute atomic E-state index is 0.0555. The van der Waals surface area contributed by atoms with Gasteiger partial charge in [0.25, 0.3) is 0 Å². The van der Waals surface area contributed by atoms with Crippen molar-refractivity contribution in [3.05, 3.63) is 22.4 Å². The summed E-state index contributed by atoms with van der Waals surface area (Å²) in [7, 11) is 1.94. The van der Waals surface area contributed by atoms with E-state index >= 15 is 0 Å². The van der Waals surface area contributed by atoms with Gasteiger partial charge in [-0.1, -0.05) is 12.5 Å². The molecule has 4 unspecified atom stereocenters. The molecule has 2 heterocycles. The zero-order valence-electron chi connectivity index (χ0n) is 11.6. The molecule has 1 aliphatic carbocycles. The molecule has 3 rings (SSSR count). The summed E-state index contributed by atoms with van der Waals surface area (Å²) in [5.74, 6) is 1.58. The van der Waals surface area contributed by atoms with Crippen LogP contribution < -0.4 is 5.32 Å². The summed E-state index contributed by atoms with van der Waals surface area (Å²) in [6.45, 7) is 3.15. The van der Waals surface area contributed by atoms with Crippen LogP contribution in [0.1, 0.15) is 37.1 Å². The summed E-state index contributed by atoms with van der Waals surface area (Å²) in [6.07, 6.45) is 3.81. The highest BCUT2D eigenvalue weighted by molar-refractivity contribution is 7.10. The largest absolute Gasteiger partial charge is 0.337 e. The molecule has 0 aromatic carbocycles. The first-order chi connectivity index (χ1) is 9.18. The van der Waals surface area contributed by atoms with E-state index in [0.717, 1.165) is 12.5 Å². The maximum Gasteiger partial charge on any atom is 0.240 e. The third-order valence-corrected chi connectivity index (χ3v) is 5.94. The number of likely N-dealkylation sites (N-methyl/N-ethyl adjacent to an activating group) is 1. The molecule has 3 nitrogen and oxygen atoms in total. The van der Waals surface area contributed by atoms with Crippen molar-refractivity contribution in [3.8, 4) is 0 Å². The second kappa shape index (κ2) is 5.25. The number of rotatable bonds is 3. The summed E-state index contributed by atoms with van der Waals surface area (Å²) in [6, 6.07) is 4.39. The van der Waals surface area contributed by atoms with Gasteiger partial charge in [0.1, 0.15) is 0 Å². The SMILES string of the molecule is CC(c1cccs1)N(C)C(=O)C1NCC2CCCC21. The Hall–Kier alpha value is -0.870. The van der Waals surface area contributed by atoms with Crippen molar-refractivity contribution in [3.63, 3.8) is 0 Å². The van der Waals surface area contributed by atoms with E-state index in [-0.39, 0.29) is 18.0 Å². The molecule has 0 radical (unpaired) electrons. The zero-order valence-corrected chi connectivity index (χ0v) is 12.5. The lowest BCUT2D eigenvalue weighted by Crippen LogP contribution is -2.45. The standard InChI is InChI=1S/C15H22N2OS/c1-10(13-7-4-8-19-13)17(2)15(18)14-12-6-3-5-11(12)9-16-14/h4,7-8,10-12,14,16H,3,5-6,9H2,1-2H3. The van der Waals surface area contributed by atoms with Gasteiger partial charge in [-0.05, 0) is 49.6 Å². The molecule has 0 spiro atoms. The van der Waals surface area contributed by atoms with Crippen LogP contribution >= 0.6 is 11.3 Å². The Kier molecular flexibility index (Phi) is 3.63. The number of amides is 1. The average Bonchev–Trinajstić information content (AvgIpc) is 3.11. The van der Waals surface area contributed by atoms with Gasteiger partial charge in [0.2, 0.25) is 5.91 Å². The van der Waals surface area contributed by atoms with Crippen LogP contribution in [0, 0.1) is 11.8 Å². The van der Waals surface area contributed by atoms with E-state index in [0.29, 0.717) is 5.92 Å². The normalized spacial score (nSPS) is 31.2. The molecule has 1 aromatic rings. The molecule has 0 bridgehead atoms. The van der Waals surface area contributed by atoms with Gasteiger partial charge in [0.15, 0.2) is 0 Å². The van der Waals surface area contributed by atoms with E-state index in [1.165, 1.54) is 24.1 Å². The molecular formula is C15H22N2OS. The van der Waals surface area contributed by atoms with Gasteiger partial charge < -0.3 is 10.2 Å². The van der Waals surface area contributed by atoms with Gasteiger partial charge in [-0.15, -0.1) is 11.3 Å². The Morgan fingerprint density at radius 1 is 1.53 bits per heavy atom. The minimum atomic E-state index is 0.0555. The summed E-state index contributed by atoms with van der Waals surface area (Å²) < 4.78 is 0. The zero-order chi connectivity index (χ0) is 13.4. The Morgan fingerprint density at radius 3 is 3.11 bits per heavy atom. The molecule has 1 aromatic heterocycles. The predicted molar refractivity (Wildman–Crippen MR) is 78.1 cm³/mol.